The summed E-state index contributed by atoms with van der Waals surface area (Å²) < 4.78 is 0. The molecule has 1 aliphatic heterocycles. The number of likely N-dealkylation sites (tertiary alicyclic amines) is 1. The number of nitrogens with zero attached hydrogens (tertiary/aromatic N) is 1. The Morgan fingerprint density at radius 1 is 1.32 bits per heavy atom. The van der Waals surface area contributed by atoms with Crippen LogP contribution in [0.1, 0.15) is 35.7 Å². The Balaban J connectivity index is 1.94. The van der Waals surface area contributed by atoms with E-state index in [1.54, 1.807) is 24.3 Å². The quantitative estimate of drug-likeness (QED) is 0.903. The second kappa shape index (κ2) is 5.87. The molecule has 1 fully saturated rings. The molecule has 1 atom stereocenters. The van der Waals surface area contributed by atoms with Gasteiger partial charge in [-0.3, -0.25) is 4.79 Å². The van der Waals surface area contributed by atoms with Crippen LogP contribution in [0.5, 0.6) is 0 Å². The van der Waals surface area contributed by atoms with E-state index in [0.717, 1.165) is 31.5 Å². The third kappa shape index (κ3) is 3.34. The molecule has 1 saturated heterocycles. The summed E-state index contributed by atoms with van der Waals surface area (Å²) in [5.41, 5.74) is 1.12. The molecule has 1 aromatic rings. The average molecular weight is 261 g/mol. The highest BCUT2D eigenvalue weighted by Gasteiger charge is 2.24. The van der Waals surface area contributed by atoms with Crippen molar-refractivity contribution in [1.29, 1.82) is 0 Å². The number of aromatic carboxylic acids is 1. The molecule has 4 nitrogen and oxygen atoms in total. The minimum atomic E-state index is -0.941. The van der Waals surface area contributed by atoms with Crippen molar-refractivity contribution in [2.24, 2.45) is 5.92 Å². The van der Waals surface area contributed by atoms with Crippen LogP contribution in [0.25, 0.3) is 0 Å². The molecule has 1 amide bonds. The Labute approximate surface area is 113 Å². The molecule has 1 aromatic carbocycles. The first-order valence-corrected chi connectivity index (χ1v) is 6.70. The second-order valence-corrected chi connectivity index (χ2v) is 5.08. The molecule has 0 bridgehead atoms. The lowest BCUT2D eigenvalue weighted by Gasteiger charge is -2.16. The maximum absolute atomic E-state index is 12.1. The van der Waals surface area contributed by atoms with E-state index >= 15 is 0 Å². The molecular formula is C15H19NO3. The summed E-state index contributed by atoms with van der Waals surface area (Å²) >= 11 is 0. The van der Waals surface area contributed by atoms with Crippen LogP contribution in [0.15, 0.2) is 24.3 Å². The molecule has 1 heterocycles. The van der Waals surface area contributed by atoms with Crippen molar-refractivity contribution in [2.45, 2.75) is 26.2 Å². The van der Waals surface area contributed by atoms with Crippen LogP contribution in [0.3, 0.4) is 0 Å². The molecule has 0 radical (unpaired) electrons. The topological polar surface area (TPSA) is 57.6 Å². The lowest BCUT2D eigenvalue weighted by Crippen LogP contribution is -2.30. The van der Waals surface area contributed by atoms with Gasteiger partial charge < -0.3 is 10.0 Å². The van der Waals surface area contributed by atoms with E-state index in [1.807, 2.05) is 4.90 Å². The standard InChI is InChI=1S/C15H19NO3/c1-2-11-7-8-16(10-11)14(17)9-12-3-5-13(6-4-12)15(18)19/h3-6,11H,2,7-10H2,1H3,(H,18,19)/t11-/m1/s1. The van der Waals surface area contributed by atoms with Crippen molar-refractivity contribution in [3.05, 3.63) is 35.4 Å². The van der Waals surface area contributed by atoms with Gasteiger partial charge >= 0.3 is 5.97 Å². The predicted molar refractivity (Wildman–Crippen MR) is 72.1 cm³/mol. The van der Waals surface area contributed by atoms with Gasteiger partial charge in [-0.2, -0.15) is 0 Å². The van der Waals surface area contributed by atoms with Crippen molar-refractivity contribution in [1.82, 2.24) is 4.90 Å². The van der Waals surface area contributed by atoms with E-state index in [1.165, 1.54) is 0 Å². The summed E-state index contributed by atoms with van der Waals surface area (Å²) in [5.74, 6) is -0.166. The van der Waals surface area contributed by atoms with Gasteiger partial charge in [-0.05, 0) is 30.0 Å². The van der Waals surface area contributed by atoms with Gasteiger partial charge in [0.15, 0.2) is 0 Å². The highest BCUT2D eigenvalue weighted by atomic mass is 16.4. The van der Waals surface area contributed by atoms with E-state index in [9.17, 15) is 9.59 Å². The van der Waals surface area contributed by atoms with Crippen LogP contribution in [-0.4, -0.2) is 35.0 Å². The minimum Gasteiger partial charge on any atom is -0.478 e. The van der Waals surface area contributed by atoms with Gasteiger partial charge in [-0.25, -0.2) is 4.79 Å². The number of amides is 1. The van der Waals surface area contributed by atoms with Crippen molar-refractivity contribution >= 4 is 11.9 Å². The lowest BCUT2D eigenvalue weighted by atomic mass is 10.1. The highest BCUT2D eigenvalue weighted by Crippen LogP contribution is 2.20. The number of hydrogen-bond donors (Lipinski definition) is 1. The molecule has 2 rings (SSSR count). The first kappa shape index (κ1) is 13.6. The Hall–Kier alpha value is -1.84. The fraction of sp³-hybridized carbons (Fsp3) is 0.467. The van der Waals surface area contributed by atoms with E-state index in [2.05, 4.69) is 6.92 Å². The first-order valence-electron chi connectivity index (χ1n) is 6.70. The van der Waals surface area contributed by atoms with Gasteiger partial charge in [0.05, 0.1) is 12.0 Å². The van der Waals surface area contributed by atoms with Crippen LogP contribution in [0, 0.1) is 5.92 Å². The van der Waals surface area contributed by atoms with Crippen molar-refractivity contribution in [2.75, 3.05) is 13.1 Å². The molecule has 19 heavy (non-hydrogen) atoms. The number of hydrogen-bond acceptors (Lipinski definition) is 2. The number of carbonyl (C=O) groups excluding carboxylic acids is 1. The predicted octanol–water partition coefficient (Wildman–Crippen LogP) is 2.19. The monoisotopic (exact) mass is 261 g/mol. The minimum absolute atomic E-state index is 0.138. The third-order valence-electron chi connectivity index (χ3n) is 3.77. The van der Waals surface area contributed by atoms with Crippen LogP contribution >= 0.6 is 0 Å². The Bertz CT molecular complexity index is 467. The zero-order valence-corrected chi connectivity index (χ0v) is 11.1. The molecule has 1 aliphatic rings. The summed E-state index contributed by atoms with van der Waals surface area (Å²) in [6.45, 7) is 3.87. The fourth-order valence-corrected chi connectivity index (χ4v) is 2.44. The number of carboxylic acid groups (broad SMARTS) is 1. The van der Waals surface area contributed by atoms with Crippen LogP contribution < -0.4 is 0 Å². The zero-order valence-electron chi connectivity index (χ0n) is 11.1. The fourth-order valence-electron chi connectivity index (χ4n) is 2.44. The number of carbonyl (C=O) groups is 2. The molecule has 0 unspecified atom stereocenters. The SMILES string of the molecule is CC[C@@H]1CCN(C(=O)Cc2ccc(C(=O)O)cc2)C1. The zero-order chi connectivity index (χ0) is 13.8. The van der Waals surface area contributed by atoms with Gasteiger partial charge in [0, 0.05) is 13.1 Å². The normalized spacial score (nSPS) is 18.6. The number of carboxylic acids is 1. The van der Waals surface area contributed by atoms with Gasteiger partial charge in [0.2, 0.25) is 5.91 Å². The average Bonchev–Trinajstić information content (AvgIpc) is 2.88. The van der Waals surface area contributed by atoms with E-state index in [4.69, 9.17) is 5.11 Å². The van der Waals surface area contributed by atoms with Crippen molar-refractivity contribution < 1.29 is 14.7 Å². The number of benzene rings is 1. The van der Waals surface area contributed by atoms with Crippen molar-refractivity contribution in [3.63, 3.8) is 0 Å². The van der Waals surface area contributed by atoms with E-state index in [0.29, 0.717) is 12.3 Å². The number of rotatable bonds is 4. The molecular weight excluding hydrogens is 242 g/mol. The molecule has 0 spiro atoms. The molecule has 4 heteroatoms. The maximum atomic E-state index is 12.1. The van der Waals surface area contributed by atoms with E-state index < -0.39 is 5.97 Å². The summed E-state index contributed by atoms with van der Waals surface area (Å²) in [6, 6.07) is 6.52. The van der Waals surface area contributed by atoms with Gasteiger partial charge in [-0.1, -0.05) is 25.5 Å². The summed E-state index contributed by atoms with van der Waals surface area (Å²) in [5, 5.41) is 8.81. The molecule has 0 aromatic heterocycles. The first-order chi connectivity index (χ1) is 9.10. The third-order valence-corrected chi connectivity index (χ3v) is 3.77. The second-order valence-electron chi connectivity index (χ2n) is 5.08. The van der Waals surface area contributed by atoms with Gasteiger partial charge in [-0.15, -0.1) is 0 Å². The lowest BCUT2D eigenvalue weighted by molar-refractivity contribution is -0.129. The molecule has 0 aliphatic carbocycles. The molecule has 1 N–H and O–H groups in total. The van der Waals surface area contributed by atoms with Crippen LogP contribution in [-0.2, 0) is 11.2 Å². The van der Waals surface area contributed by atoms with Gasteiger partial charge in [0.1, 0.15) is 0 Å². The summed E-state index contributed by atoms with van der Waals surface area (Å²) in [4.78, 5) is 24.8. The Morgan fingerprint density at radius 2 is 2.00 bits per heavy atom. The molecule has 0 saturated carbocycles. The smallest absolute Gasteiger partial charge is 0.335 e. The highest BCUT2D eigenvalue weighted by molar-refractivity contribution is 5.87. The summed E-state index contributed by atoms with van der Waals surface area (Å²) in [6.07, 6.45) is 2.58. The van der Waals surface area contributed by atoms with E-state index in [-0.39, 0.29) is 11.5 Å². The maximum Gasteiger partial charge on any atom is 0.335 e. The summed E-state index contributed by atoms with van der Waals surface area (Å²) in [7, 11) is 0. The van der Waals surface area contributed by atoms with Gasteiger partial charge in [0.25, 0.3) is 0 Å². The largest absolute Gasteiger partial charge is 0.478 e. The Kier molecular flexibility index (Phi) is 4.20. The molecule has 102 valence electrons. The van der Waals surface area contributed by atoms with Crippen molar-refractivity contribution in [3.8, 4) is 0 Å². The van der Waals surface area contributed by atoms with Crippen LogP contribution in [0.4, 0.5) is 0 Å². The Morgan fingerprint density at radius 3 is 2.53 bits per heavy atom. The van der Waals surface area contributed by atoms with Crippen LogP contribution in [0.2, 0.25) is 0 Å².